The Hall–Kier alpha value is -3.87. The molecule has 0 atom stereocenters. The third-order valence-corrected chi connectivity index (χ3v) is 4.45. The summed E-state index contributed by atoms with van der Waals surface area (Å²) in [7, 11) is 0. The van der Waals surface area contributed by atoms with Crippen LogP contribution >= 0.6 is 0 Å². The highest BCUT2D eigenvalue weighted by atomic mass is 16.1. The monoisotopic (exact) mass is 509 g/mol. The van der Waals surface area contributed by atoms with Gasteiger partial charge in [-0.3, -0.25) is 19.2 Å². The lowest BCUT2D eigenvalue weighted by molar-refractivity contribution is -0.690. The molecule has 0 saturated heterocycles. The lowest BCUT2D eigenvalue weighted by Crippen LogP contribution is -2.39. The normalized spacial score (nSPS) is 8.78. The Morgan fingerprint density at radius 1 is 0.568 bits per heavy atom. The molecule has 0 bridgehead atoms. The number of hydrogen-bond acceptors (Lipinski definition) is 4. The van der Waals surface area contributed by atoms with Crippen LogP contribution in [0.2, 0.25) is 0 Å². The second-order valence-corrected chi connectivity index (χ2v) is 7.94. The summed E-state index contributed by atoms with van der Waals surface area (Å²) >= 11 is 0. The first-order valence-electron chi connectivity index (χ1n) is 11.0. The summed E-state index contributed by atoms with van der Waals surface area (Å²) in [4.78, 5) is 43.0. The maximum atomic E-state index is 10.9. The second-order valence-electron chi connectivity index (χ2n) is 7.94. The van der Waals surface area contributed by atoms with E-state index in [1.807, 2.05) is 71.0 Å². The SMILES string of the molecule is CC(=O)C[n+]1ccc(C(C)=O)cc1.CC(=O)C[n+]1ccccc1.CC(=O)C[n+]1ccccc1C.[CH3-].[CH3-].[CH3-]. The van der Waals surface area contributed by atoms with E-state index in [0.717, 1.165) is 5.69 Å². The molecular weight excluding hydrogens is 466 g/mol. The van der Waals surface area contributed by atoms with Crippen LogP contribution in [0.15, 0.2) is 79.5 Å². The molecule has 37 heavy (non-hydrogen) atoms. The smallest absolute Gasteiger partial charge is 0.206 e. The van der Waals surface area contributed by atoms with Crippen LogP contribution in [-0.4, -0.2) is 23.1 Å². The number of Topliss-reactive ketones (excluding diaryl/α,β-unsaturated/α-hetero) is 4. The van der Waals surface area contributed by atoms with E-state index in [1.165, 1.54) is 13.8 Å². The standard InChI is InChI=1S/C10H12NO2.C9H12NO.C8H10NO.3CH3/c1-8(12)7-11-5-3-10(4-6-11)9(2)13;1-8-5-3-4-6-10(8)7-9(2)11;1-8(10)7-9-5-3-2-4-6-9;;;/h3-6H,7H2,1-2H3;3-6H,7H2,1-2H3;2-6H,7H2,1H3;3*1H3/q3*+1;3*-1. The predicted molar refractivity (Wildman–Crippen MR) is 146 cm³/mol. The zero-order valence-electron chi connectivity index (χ0n) is 23.6. The minimum absolute atomic E-state index is 0. The number of ketones is 4. The number of nitrogens with zero attached hydrogens (tertiary/aromatic N) is 3. The van der Waals surface area contributed by atoms with E-state index < -0.39 is 0 Å². The van der Waals surface area contributed by atoms with Crippen molar-refractivity contribution >= 4 is 23.1 Å². The Morgan fingerprint density at radius 3 is 1.41 bits per heavy atom. The van der Waals surface area contributed by atoms with E-state index in [2.05, 4.69) is 0 Å². The fourth-order valence-corrected chi connectivity index (χ4v) is 2.83. The highest BCUT2D eigenvalue weighted by Gasteiger charge is 2.06. The largest absolute Gasteiger partial charge is 0.358 e. The molecule has 0 saturated carbocycles. The molecule has 0 aliphatic heterocycles. The quantitative estimate of drug-likeness (QED) is 0.277. The molecule has 3 aromatic rings. The summed E-state index contributed by atoms with van der Waals surface area (Å²) in [6.45, 7) is 9.53. The zero-order valence-corrected chi connectivity index (χ0v) is 23.6. The number of rotatable bonds is 7. The number of hydrogen-bond donors (Lipinski definition) is 0. The zero-order chi connectivity index (χ0) is 25.5. The lowest BCUT2D eigenvalue weighted by Gasteiger charge is -1.94. The van der Waals surface area contributed by atoms with Gasteiger partial charge in [0, 0.05) is 69.7 Å². The molecule has 0 aliphatic carbocycles. The molecule has 0 aliphatic rings. The highest BCUT2D eigenvalue weighted by Crippen LogP contribution is 1.95. The van der Waals surface area contributed by atoms with Crippen molar-refractivity contribution in [2.75, 3.05) is 0 Å². The molecule has 0 unspecified atom stereocenters. The highest BCUT2D eigenvalue weighted by molar-refractivity contribution is 5.93. The van der Waals surface area contributed by atoms with Crippen molar-refractivity contribution in [1.29, 1.82) is 0 Å². The van der Waals surface area contributed by atoms with Crippen molar-refractivity contribution in [2.24, 2.45) is 0 Å². The van der Waals surface area contributed by atoms with Crippen molar-refractivity contribution in [2.45, 2.75) is 54.3 Å². The number of aromatic nitrogens is 3. The summed E-state index contributed by atoms with van der Waals surface area (Å²) in [6.07, 6.45) is 9.13. The third kappa shape index (κ3) is 17.2. The topological polar surface area (TPSA) is 79.9 Å². The Bertz CT molecular complexity index is 1100. The second kappa shape index (κ2) is 20.3. The molecule has 0 radical (unpaired) electrons. The first kappa shape index (κ1) is 37.7. The first-order valence-corrected chi connectivity index (χ1v) is 11.0. The molecule has 7 nitrogen and oxygen atoms in total. The number of aryl methyl sites for hydroxylation is 1. The van der Waals surface area contributed by atoms with Crippen LogP contribution in [0.5, 0.6) is 0 Å². The van der Waals surface area contributed by atoms with E-state index >= 15 is 0 Å². The van der Waals surface area contributed by atoms with Gasteiger partial charge in [-0.05, 0) is 6.92 Å². The van der Waals surface area contributed by atoms with Gasteiger partial charge in [0.1, 0.15) is 0 Å². The molecule has 3 heterocycles. The Morgan fingerprint density at radius 2 is 1.00 bits per heavy atom. The summed E-state index contributed by atoms with van der Waals surface area (Å²) in [5, 5.41) is 0. The maximum Gasteiger partial charge on any atom is 0.206 e. The minimum Gasteiger partial charge on any atom is -0.358 e. The average molecular weight is 510 g/mol. The number of carbonyl (C=O) groups is 4. The van der Waals surface area contributed by atoms with Crippen molar-refractivity contribution in [1.82, 2.24) is 0 Å². The van der Waals surface area contributed by atoms with E-state index in [9.17, 15) is 19.2 Å². The molecule has 202 valence electrons. The van der Waals surface area contributed by atoms with Gasteiger partial charge in [-0.2, -0.15) is 13.7 Å². The first-order chi connectivity index (χ1) is 16.1. The third-order valence-electron chi connectivity index (χ3n) is 4.45. The molecule has 0 amide bonds. The summed E-state index contributed by atoms with van der Waals surface area (Å²) < 4.78 is 5.53. The van der Waals surface area contributed by atoms with Crippen LogP contribution in [0.1, 0.15) is 43.7 Å². The molecular formula is C30H43N3O4. The number of pyridine rings is 3. The van der Waals surface area contributed by atoms with Crippen LogP contribution in [0.4, 0.5) is 0 Å². The van der Waals surface area contributed by atoms with Crippen LogP contribution in [0, 0.1) is 29.2 Å². The summed E-state index contributed by atoms with van der Waals surface area (Å²) in [5.74, 6) is 0.496. The molecule has 0 N–H and O–H groups in total. The van der Waals surface area contributed by atoms with Gasteiger partial charge >= 0.3 is 0 Å². The Labute approximate surface area is 223 Å². The van der Waals surface area contributed by atoms with Crippen LogP contribution < -0.4 is 13.7 Å². The molecule has 3 rings (SSSR count). The fourth-order valence-electron chi connectivity index (χ4n) is 2.83. The average Bonchev–Trinajstić information content (AvgIpc) is 2.76. The van der Waals surface area contributed by atoms with Crippen LogP contribution in [0.3, 0.4) is 0 Å². The van der Waals surface area contributed by atoms with E-state index in [-0.39, 0.29) is 45.4 Å². The van der Waals surface area contributed by atoms with Gasteiger partial charge in [-0.15, -0.1) is 0 Å². The van der Waals surface area contributed by atoms with Gasteiger partial charge in [-0.1, -0.05) is 12.1 Å². The maximum absolute atomic E-state index is 10.9. The molecule has 3 aromatic heterocycles. The Kier molecular flexibility index (Phi) is 20.7. The van der Waals surface area contributed by atoms with Crippen LogP contribution in [0.25, 0.3) is 0 Å². The van der Waals surface area contributed by atoms with Gasteiger partial charge in [0.25, 0.3) is 0 Å². The van der Waals surface area contributed by atoms with Crippen molar-refractivity contribution < 1.29 is 32.9 Å². The van der Waals surface area contributed by atoms with E-state index in [1.54, 1.807) is 42.9 Å². The van der Waals surface area contributed by atoms with E-state index in [4.69, 9.17) is 0 Å². The van der Waals surface area contributed by atoms with Gasteiger partial charge in [0.15, 0.2) is 59.8 Å². The molecule has 7 heteroatoms. The van der Waals surface area contributed by atoms with Gasteiger partial charge in [-0.25, -0.2) is 0 Å². The van der Waals surface area contributed by atoms with Crippen LogP contribution in [-0.2, 0) is 34.0 Å². The molecule has 0 fully saturated rings. The van der Waals surface area contributed by atoms with Crippen molar-refractivity contribution in [3.05, 3.63) is 113 Å². The van der Waals surface area contributed by atoms with Gasteiger partial charge in [0.05, 0.1) is 0 Å². The lowest BCUT2D eigenvalue weighted by atomic mass is 10.2. The van der Waals surface area contributed by atoms with Crippen molar-refractivity contribution in [3.63, 3.8) is 0 Å². The Balaban J connectivity index is -0.000000454. The minimum atomic E-state index is 0. The van der Waals surface area contributed by atoms with Gasteiger partial charge < -0.3 is 22.3 Å². The fraction of sp³-hybridized carbons (Fsp3) is 0.267. The predicted octanol–water partition coefficient (Wildman–Crippen LogP) is 3.55. The number of carbonyl (C=O) groups excluding carboxylic acids is 4. The summed E-state index contributed by atoms with van der Waals surface area (Å²) in [6, 6.07) is 15.0. The summed E-state index contributed by atoms with van der Waals surface area (Å²) in [5.41, 5.74) is 1.78. The van der Waals surface area contributed by atoms with Gasteiger partial charge in [0.2, 0.25) is 19.6 Å². The van der Waals surface area contributed by atoms with Crippen molar-refractivity contribution in [3.8, 4) is 0 Å². The molecule has 0 aromatic carbocycles. The molecule has 0 spiro atoms. The van der Waals surface area contributed by atoms with E-state index in [0.29, 0.717) is 25.2 Å².